The summed E-state index contributed by atoms with van der Waals surface area (Å²) in [5, 5.41) is 12.5. The maximum absolute atomic E-state index is 9.08. The van der Waals surface area contributed by atoms with Gasteiger partial charge in [0.15, 0.2) is 0 Å². The summed E-state index contributed by atoms with van der Waals surface area (Å²) in [6.07, 6.45) is 2.22. The largest absolute Gasteiger partial charge is 0.379 e. The van der Waals surface area contributed by atoms with E-state index in [1.54, 1.807) is 0 Å². The SMILES string of the molecule is CCCC(C)(C)Nc1ccc(C)cc1C#N. The average Bonchev–Trinajstić information content (AvgIpc) is 2.20. The predicted octanol–water partition coefficient (Wildman–Crippen LogP) is 3.86. The number of hydrogen-bond acceptors (Lipinski definition) is 2. The second-order valence-corrected chi connectivity index (χ2v) is 4.92. The second-order valence-electron chi connectivity index (χ2n) is 4.92. The molecule has 0 unspecified atom stereocenters. The molecule has 0 bridgehead atoms. The van der Waals surface area contributed by atoms with E-state index in [2.05, 4.69) is 32.2 Å². The average molecular weight is 216 g/mol. The van der Waals surface area contributed by atoms with Gasteiger partial charge in [0.05, 0.1) is 11.3 Å². The van der Waals surface area contributed by atoms with Crippen molar-refractivity contribution in [3.8, 4) is 6.07 Å². The fourth-order valence-corrected chi connectivity index (χ4v) is 1.91. The molecule has 0 amide bonds. The third-order valence-electron chi connectivity index (χ3n) is 2.64. The van der Waals surface area contributed by atoms with Crippen LogP contribution < -0.4 is 5.32 Å². The van der Waals surface area contributed by atoms with E-state index in [1.165, 1.54) is 0 Å². The van der Waals surface area contributed by atoms with Crippen molar-refractivity contribution < 1.29 is 0 Å². The van der Waals surface area contributed by atoms with Crippen LogP contribution in [0.25, 0.3) is 0 Å². The van der Waals surface area contributed by atoms with Crippen molar-refractivity contribution in [2.75, 3.05) is 5.32 Å². The van der Waals surface area contributed by atoms with E-state index in [1.807, 2.05) is 25.1 Å². The van der Waals surface area contributed by atoms with Gasteiger partial charge in [0.25, 0.3) is 0 Å². The van der Waals surface area contributed by atoms with Gasteiger partial charge in [-0.25, -0.2) is 0 Å². The summed E-state index contributed by atoms with van der Waals surface area (Å²) in [5.74, 6) is 0. The zero-order valence-electron chi connectivity index (χ0n) is 10.6. The monoisotopic (exact) mass is 216 g/mol. The zero-order chi connectivity index (χ0) is 12.2. The van der Waals surface area contributed by atoms with Gasteiger partial charge in [-0.3, -0.25) is 0 Å². The van der Waals surface area contributed by atoms with Crippen LogP contribution in [0.3, 0.4) is 0 Å². The van der Waals surface area contributed by atoms with E-state index in [0.29, 0.717) is 0 Å². The Morgan fingerprint density at radius 1 is 1.38 bits per heavy atom. The molecule has 16 heavy (non-hydrogen) atoms. The summed E-state index contributed by atoms with van der Waals surface area (Å²) in [6.45, 7) is 8.50. The molecule has 2 nitrogen and oxygen atoms in total. The van der Waals surface area contributed by atoms with Gasteiger partial charge in [0.2, 0.25) is 0 Å². The van der Waals surface area contributed by atoms with Crippen LogP contribution in [-0.2, 0) is 0 Å². The maximum atomic E-state index is 9.08. The van der Waals surface area contributed by atoms with Crippen LogP contribution in [0, 0.1) is 18.3 Å². The van der Waals surface area contributed by atoms with Crippen LogP contribution in [0.5, 0.6) is 0 Å². The Morgan fingerprint density at radius 2 is 2.06 bits per heavy atom. The maximum Gasteiger partial charge on any atom is 0.101 e. The molecule has 0 radical (unpaired) electrons. The molecule has 0 aliphatic heterocycles. The van der Waals surface area contributed by atoms with Gasteiger partial charge in [0, 0.05) is 5.54 Å². The summed E-state index contributed by atoms with van der Waals surface area (Å²) in [5.41, 5.74) is 2.82. The third-order valence-corrected chi connectivity index (χ3v) is 2.64. The van der Waals surface area contributed by atoms with E-state index < -0.39 is 0 Å². The minimum absolute atomic E-state index is 0.0373. The number of aryl methyl sites for hydroxylation is 1. The molecule has 0 saturated carbocycles. The van der Waals surface area contributed by atoms with Gasteiger partial charge in [-0.2, -0.15) is 5.26 Å². The highest BCUT2D eigenvalue weighted by Gasteiger charge is 2.17. The van der Waals surface area contributed by atoms with E-state index in [4.69, 9.17) is 5.26 Å². The lowest BCUT2D eigenvalue weighted by atomic mass is 9.97. The molecule has 86 valence electrons. The molecule has 1 aromatic rings. The number of nitrogens with zero attached hydrogens (tertiary/aromatic N) is 1. The van der Waals surface area contributed by atoms with Crippen molar-refractivity contribution in [1.82, 2.24) is 0 Å². The molecule has 1 N–H and O–H groups in total. The number of benzene rings is 1. The lowest BCUT2D eigenvalue weighted by Crippen LogP contribution is -2.30. The molecule has 0 aromatic heterocycles. The Labute approximate surface area is 98.3 Å². The van der Waals surface area contributed by atoms with Crippen molar-refractivity contribution in [2.45, 2.75) is 46.1 Å². The van der Waals surface area contributed by atoms with Crippen molar-refractivity contribution in [3.63, 3.8) is 0 Å². The zero-order valence-corrected chi connectivity index (χ0v) is 10.6. The summed E-state index contributed by atoms with van der Waals surface area (Å²) in [6, 6.07) is 8.18. The minimum atomic E-state index is 0.0373. The lowest BCUT2D eigenvalue weighted by molar-refractivity contribution is 0.511. The smallest absolute Gasteiger partial charge is 0.101 e. The summed E-state index contributed by atoms with van der Waals surface area (Å²) >= 11 is 0. The second kappa shape index (κ2) is 5.03. The van der Waals surface area contributed by atoms with Crippen LogP contribution in [0.2, 0.25) is 0 Å². The van der Waals surface area contributed by atoms with Crippen LogP contribution >= 0.6 is 0 Å². The number of anilines is 1. The quantitative estimate of drug-likeness (QED) is 0.829. The van der Waals surface area contributed by atoms with Crippen molar-refractivity contribution in [3.05, 3.63) is 29.3 Å². The molecule has 1 rings (SSSR count). The molecule has 1 aromatic carbocycles. The highest BCUT2D eigenvalue weighted by atomic mass is 15.0. The van der Waals surface area contributed by atoms with Gasteiger partial charge in [-0.05, 0) is 44.9 Å². The van der Waals surface area contributed by atoms with Gasteiger partial charge in [0.1, 0.15) is 6.07 Å². The van der Waals surface area contributed by atoms with Crippen molar-refractivity contribution in [1.29, 1.82) is 5.26 Å². The number of hydrogen-bond donors (Lipinski definition) is 1. The Balaban J connectivity index is 2.93. The van der Waals surface area contributed by atoms with Gasteiger partial charge >= 0.3 is 0 Å². The van der Waals surface area contributed by atoms with Crippen LogP contribution in [0.4, 0.5) is 5.69 Å². The molecule has 0 saturated heterocycles. The van der Waals surface area contributed by atoms with Crippen LogP contribution in [0.1, 0.15) is 44.7 Å². The number of nitrogens with one attached hydrogen (secondary N) is 1. The van der Waals surface area contributed by atoms with E-state index >= 15 is 0 Å². The van der Waals surface area contributed by atoms with Gasteiger partial charge < -0.3 is 5.32 Å². The van der Waals surface area contributed by atoms with Crippen molar-refractivity contribution in [2.24, 2.45) is 0 Å². The first-order valence-electron chi connectivity index (χ1n) is 5.77. The molecule has 0 aliphatic rings. The first kappa shape index (κ1) is 12.6. The molecular formula is C14H20N2. The van der Waals surface area contributed by atoms with Crippen LogP contribution in [-0.4, -0.2) is 5.54 Å². The Bertz CT molecular complexity index is 400. The Morgan fingerprint density at radius 3 is 2.62 bits per heavy atom. The summed E-state index contributed by atoms with van der Waals surface area (Å²) < 4.78 is 0. The van der Waals surface area contributed by atoms with Gasteiger partial charge in [-0.15, -0.1) is 0 Å². The van der Waals surface area contributed by atoms with E-state index in [0.717, 1.165) is 29.7 Å². The normalized spacial score (nSPS) is 10.9. The Kier molecular flexibility index (Phi) is 3.95. The van der Waals surface area contributed by atoms with E-state index in [9.17, 15) is 0 Å². The first-order chi connectivity index (χ1) is 7.48. The molecule has 0 fully saturated rings. The molecule has 0 heterocycles. The summed E-state index contributed by atoms with van der Waals surface area (Å²) in [4.78, 5) is 0. The van der Waals surface area contributed by atoms with Crippen LogP contribution in [0.15, 0.2) is 18.2 Å². The minimum Gasteiger partial charge on any atom is -0.379 e. The first-order valence-corrected chi connectivity index (χ1v) is 5.77. The lowest BCUT2D eigenvalue weighted by Gasteiger charge is -2.27. The Hall–Kier alpha value is -1.49. The highest BCUT2D eigenvalue weighted by Crippen LogP contribution is 2.23. The highest BCUT2D eigenvalue weighted by molar-refractivity contribution is 5.59. The molecule has 0 atom stereocenters. The van der Waals surface area contributed by atoms with Gasteiger partial charge in [-0.1, -0.05) is 19.4 Å². The standard InChI is InChI=1S/C14H20N2/c1-5-8-14(3,4)16-13-7-6-11(2)9-12(13)10-15/h6-7,9,16H,5,8H2,1-4H3. The molecule has 0 aliphatic carbocycles. The predicted molar refractivity (Wildman–Crippen MR) is 68.5 cm³/mol. The fraction of sp³-hybridized carbons (Fsp3) is 0.500. The molecule has 0 spiro atoms. The fourth-order valence-electron chi connectivity index (χ4n) is 1.91. The topological polar surface area (TPSA) is 35.8 Å². The number of rotatable bonds is 4. The number of nitriles is 1. The summed E-state index contributed by atoms with van der Waals surface area (Å²) in [7, 11) is 0. The molecular weight excluding hydrogens is 196 g/mol. The van der Waals surface area contributed by atoms with Crippen molar-refractivity contribution >= 4 is 5.69 Å². The molecule has 2 heteroatoms. The van der Waals surface area contributed by atoms with E-state index in [-0.39, 0.29) is 5.54 Å². The third kappa shape index (κ3) is 3.27.